The van der Waals surface area contributed by atoms with Crippen molar-refractivity contribution >= 4 is 0 Å². The third-order valence-electron chi connectivity index (χ3n) is 2.84. The molecule has 0 radical (unpaired) electrons. The molecular weight excluding hydrogens is 246 g/mol. The molecule has 0 bridgehead atoms. The molecular formula is C13H23N3O3. The van der Waals surface area contributed by atoms with Crippen molar-refractivity contribution in [2.45, 2.75) is 33.4 Å². The normalized spacial score (nSPS) is 10.8. The first-order chi connectivity index (χ1) is 9.20. The summed E-state index contributed by atoms with van der Waals surface area (Å²) < 4.78 is 8.01. The maximum Gasteiger partial charge on any atom is 0.330 e. The molecule has 0 aliphatic heterocycles. The lowest BCUT2D eigenvalue weighted by molar-refractivity contribution is 0.144. The molecule has 1 N–H and O–H groups in total. The lowest BCUT2D eigenvalue weighted by Crippen LogP contribution is -2.41. The minimum Gasteiger partial charge on any atom is -0.382 e. The predicted octanol–water partition coefficient (Wildman–Crippen LogP) is 0.0461. The molecule has 0 saturated heterocycles. The molecule has 0 saturated carbocycles. The van der Waals surface area contributed by atoms with Gasteiger partial charge in [0.2, 0.25) is 0 Å². The second-order valence-electron chi connectivity index (χ2n) is 4.17. The summed E-state index contributed by atoms with van der Waals surface area (Å²) in [4.78, 5) is 23.5. The molecule has 0 spiro atoms. The summed E-state index contributed by atoms with van der Waals surface area (Å²) in [5.41, 5.74) is -0.489. The van der Waals surface area contributed by atoms with Gasteiger partial charge in [0.1, 0.15) is 0 Å². The van der Waals surface area contributed by atoms with E-state index in [1.165, 1.54) is 21.4 Å². The van der Waals surface area contributed by atoms with E-state index in [4.69, 9.17) is 4.74 Å². The smallest absolute Gasteiger partial charge is 0.330 e. The highest BCUT2D eigenvalue weighted by Crippen LogP contribution is 1.81. The van der Waals surface area contributed by atoms with Crippen molar-refractivity contribution < 1.29 is 4.74 Å². The summed E-state index contributed by atoms with van der Waals surface area (Å²) in [6.45, 7) is 7.70. The Labute approximate surface area is 113 Å². The molecule has 1 rings (SSSR count). The molecule has 0 unspecified atom stereocenters. The van der Waals surface area contributed by atoms with Gasteiger partial charge in [-0.1, -0.05) is 0 Å². The van der Waals surface area contributed by atoms with Crippen LogP contribution in [-0.2, 0) is 17.8 Å². The number of aromatic nitrogens is 2. The molecule has 1 heterocycles. The molecule has 0 atom stereocenters. The van der Waals surface area contributed by atoms with E-state index in [0.717, 1.165) is 26.2 Å². The molecule has 0 amide bonds. The van der Waals surface area contributed by atoms with Crippen molar-refractivity contribution in [2.75, 3.05) is 26.3 Å². The van der Waals surface area contributed by atoms with E-state index in [9.17, 15) is 9.59 Å². The Kier molecular flexibility index (Phi) is 7.14. The molecule has 6 nitrogen and oxygen atoms in total. The first kappa shape index (κ1) is 15.7. The SMILES string of the molecule is CCOCCCNCCn1c(=O)ccn(CC)c1=O. The minimum atomic E-state index is -0.245. The monoisotopic (exact) mass is 269 g/mol. The van der Waals surface area contributed by atoms with Crippen LogP contribution >= 0.6 is 0 Å². The highest BCUT2D eigenvalue weighted by Gasteiger charge is 2.03. The van der Waals surface area contributed by atoms with Crippen molar-refractivity contribution in [2.24, 2.45) is 0 Å². The van der Waals surface area contributed by atoms with Crippen LogP contribution in [0.3, 0.4) is 0 Å². The fourth-order valence-electron chi connectivity index (χ4n) is 1.76. The summed E-state index contributed by atoms with van der Waals surface area (Å²) in [6, 6.07) is 1.43. The molecule has 1 aromatic rings. The predicted molar refractivity (Wildman–Crippen MR) is 74.6 cm³/mol. The zero-order valence-electron chi connectivity index (χ0n) is 11.7. The Morgan fingerprint density at radius 1 is 1.26 bits per heavy atom. The lowest BCUT2D eigenvalue weighted by Gasteiger charge is -2.09. The summed E-state index contributed by atoms with van der Waals surface area (Å²) in [5, 5.41) is 3.20. The molecule has 1 aromatic heterocycles. The quantitative estimate of drug-likeness (QED) is 0.643. The van der Waals surface area contributed by atoms with Gasteiger partial charge in [0, 0.05) is 45.1 Å². The van der Waals surface area contributed by atoms with Crippen molar-refractivity contribution in [1.82, 2.24) is 14.5 Å². The van der Waals surface area contributed by atoms with E-state index in [2.05, 4.69) is 5.32 Å². The molecule has 0 aromatic carbocycles. The van der Waals surface area contributed by atoms with Crippen LogP contribution in [0.25, 0.3) is 0 Å². The van der Waals surface area contributed by atoms with Gasteiger partial charge in [0.15, 0.2) is 0 Å². The van der Waals surface area contributed by atoms with Gasteiger partial charge >= 0.3 is 5.69 Å². The number of aryl methyl sites for hydroxylation is 1. The molecule has 0 fully saturated rings. The maximum atomic E-state index is 11.9. The van der Waals surface area contributed by atoms with Crippen LogP contribution in [0.4, 0.5) is 0 Å². The minimum absolute atomic E-state index is 0.244. The molecule has 6 heteroatoms. The molecule has 0 aliphatic carbocycles. The Balaban J connectivity index is 2.41. The first-order valence-electron chi connectivity index (χ1n) is 6.79. The van der Waals surface area contributed by atoms with Gasteiger partial charge in [-0.05, 0) is 26.8 Å². The van der Waals surface area contributed by atoms with Gasteiger partial charge in [-0.3, -0.25) is 9.36 Å². The Morgan fingerprint density at radius 3 is 2.74 bits per heavy atom. The van der Waals surface area contributed by atoms with Crippen LogP contribution in [-0.4, -0.2) is 35.4 Å². The number of rotatable bonds is 9. The summed E-state index contributed by atoms with van der Waals surface area (Å²) >= 11 is 0. The Bertz CT molecular complexity index is 479. The standard InChI is InChI=1S/C13H23N3O3/c1-3-15-9-6-12(17)16(13(15)18)10-8-14-7-5-11-19-4-2/h6,9,14H,3-5,7-8,10-11H2,1-2H3. The largest absolute Gasteiger partial charge is 0.382 e. The van der Waals surface area contributed by atoms with Gasteiger partial charge in [0.05, 0.1) is 0 Å². The Hall–Kier alpha value is -1.40. The third kappa shape index (κ3) is 5.00. The number of hydrogen-bond donors (Lipinski definition) is 1. The second-order valence-corrected chi connectivity index (χ2v) is 4.17. The number of nitrogens with zero attached hydrogens (tertiary/aromatic N) is 2. The highest BCUT2D eigenvalue weighted by atomic mass is 16.5. The number of nitrogens with one attached hydrogen (secondary N) is 1. The Morgan fingerprint density at radius 2 is 2.05 bits per heavy atom. The zero-order chi connectivity index (χ0) is 14.1. The van der Waals surface area contributed by atoms with Crippen molar-refractivity contribution in [3.8, 4) is 0 Å². The van der Waals surface area contributed by atoms with Crippen molar-refractivity contribution in [3.05, 3.63) is 33.1 Å². The van der Waals surface area contributed by atoms with Gasteiger partial charge in [-0.25, -0.2) is 4.79 Å². The average molecular weight is 269 g/mol. The summed E-state index contributed by atoms with van der Waals surface area (Å²) in [6.07, 6.45) is 2.47. The average Bonchev–Trinajstić information content (AvgIpc) is 2.41. The second kappa shape index (κ2) is 8.66. The molecule has 108 valence electrons. The van der Waals surface area contributed by atoms with Gasteiger partial charge in [-0.15, -0.1) is 0 Å². The van der Waals surface area contributed by atoms with E-state index in [1.54, 1.807) is 0 Å². The van der Waals surface area contributed by atoms with Crippen LogP contribution in [0.1, 0.15) is 20.3 Å². The highest BCUT2D eigenvalue weighted by molar-refractivity contribution is 4.86. The van der Waals surface area contributed by atoms with Crippen LogP contribution in [0.5, 0.6) is 0 Å². The zero-order valence-corrected chi connectivity index (χ0v) is 11.7. The van der Waals surface area contributed by atoms with Crippen molar-refractivity contribution in [1.29, 1.82) is 0 Å². The number of hydrogen-bond acceptors (Lipinski definition) is 4. The van der Waals surface area contributed by atoms with E-state index in [1.807, 2.05) is 13.8 Å². The maximum absolute atomic E-state index is 11.9. The fourth-order valence-corrected chi connectivity index (χ4v) is 1.76. The van der Waals surface area contributed by atoms with Crippen molar-refractivity contribution in [3.63, 3.8) is 0 Å². The molecule has 0 aliphatic rings. The topological polar surface area (TPSA) is 65.3 Å². The van der Waals surface area contributed by atoms with Crippen LogP contribution in [0, 0.1) is 0 Å². The third-order valence-corrected chi connectivity index (χ3v) is 2.84. The number of ether oxygens (including phenoxy) is 1. The summed E-state index contributed by atoms with van der Waals surface area (Å²) in [7, 11) is 0. The first-order valence-corrected chi connectivity index (χ1v) is 6.79. The van der Waals surface area contributed by atoms with E-state index >= 15 is 0 Å². The summed E-state index contributed by atoms with van der Waals surface area (Å²) in [5.74, 6) is 0. The van der Waals surface area contributed by atoms with E-state index in [-0.39, 0.29) is 11.2 Å². The van der Waals surface area contributed by atoms with Crippen LogP contribution < -0.4 is 16.6 Å². The van der Waals surface area contributed by atoms with E-state index in [0.29, 0.717) is 19.6 Å². The lowest BCUT2D eigenvalue weighted by atomic mass is 10.4. The van der Waals surface area contributed by atoms with E-state index < -0.39 is 0 Å². The van der Waals surface area contributed by atoms with Gasteiger partial charge in [0.25, 0.3) is 5.56 Å². The van der Waals surface area contributed by atoms with Gasteiger partial charge < -0.3 is 14.6 Å². The fraction of sp³-hybridized carbons (Fsp3) is 0.692. The van der Waals surface area contributed by atoms with Gasteiger partial charge in [-0.2, -0.15) is 0 Å². The molecule has 19 heavy (non-hydrogen) atoms. The van der Waals surface area contributed by atoms with Crippen LogP contribution in [0.15, 0.2) is 21.9 Å². The van der Waals surface area contributed by atoms with Crippen LogP contribution in [0.2, 0.25) is 0 Å².